The summed E-state index contributed by atoms with van der Waals surface area (Å²) in [5.74, 6) is 1.13. The van der Waals surface area contributed by atoms with Gasteiger partial charge in [0.1, 0.15) is 10.4 Å². The highest BCUT2D eigenvalue weighted by molar-refractivity contribution is 9.10. The van der Waals surface area contributed by atoms with Crippen LogP contribution in [0, 0.1) is 0 Å². The van der Waals surface area contributed by atoms with E-state index < -0.39 is 0 Å². The number of hydrogen-bond donors (Lipinski definition) is 2. The fourth-order valence-electron chi connectivity index (χ4n) is 1.93. The molecule has 0 spiro atoms. The third kappa shape index (κ3) is 3.06. The second kappa shape index (κ2) is 4.79. The van der Waals surface area contributed by atoms with E-state index in [-0.39, 0.29) is 0 Å². The van der Waals surface area contributed by atoms with Gasteiger partial charge in [0.05, 0.1) is 0 Å². The molecule has 0 bridgehead atoms. The van der Waals surface area contributed by atoms with Crippen LogP contribution in [0.2, 0.25) is 0 Å². The minimum absolute atomic E-state index is 0.496. The largest absolute Gasteiger partial charge is 0.383 e. The molecule has 0 aromatic carbocycles. The third-order valence-corrected chi connectivity index (χ3v) is 3.06. The molecule has 1 heterocycles. The second-order valence-electron chi connectivity index (χ2n) is 3.92. The zero-order valence-corrected chi connectivity index (χ0v) is 10.1. The van der Waals surface area contributed by atoms with Crippen molar-refractivity contribution in [3.63, 3.8) is 0 Å². The van der Waals surface area contributed by atoms with E-state index in [0.717, 1.165) is 4.60 Å². The Morgan fingerprint density at radius 2 is 2.00 bits per heavy atom. The molecule has 1 aromatic heterocycles. The van der Waals surface area contributed by atoms with Gasteiger partial charge in [0, 0.05) is 12.1 Å². The lowest BCUT2D eigenvalue weighted by Crippen LogP contribution is -2.23. The molecular weight excluding hydrogens is 256 g/mol. The number of hydrogen-bond acceptors (Lipinski definition) is 4. The van der Waals surface area contributed by atoms with Gasteiger partial charge < -0.3 is 11.1 Å². The molecule has 0 saturated heterocycles. The highest BCUT2D eigenvalue weighted by atomic mass is 79.9. The van der Waals surface area contributed by atoms with E-state index in [9.17, 15) is 0 Å². The predicted octanol–water partition coefficient (Wildman–Crippen LogP) is 2.57. The van der Waals surface area contributed by atoms with Crippen LogP contribution >= 0.6 is 15.9 Å². The van der Waals surface area contributed by atoms with Crippen LogP contribution in [0.4, 0.5) is 11.8 Å². The van der Waals surface area contributed by atoms with Crippen molar-refractivity contribution < 1.29 is 0 Å². The van der Waals surface area contributed by atoms with Crippen molar-refractivity contribution in [3.8, 4) is 0 Å². The smallest absolute Gasteiger partial charge is 0.225 e. The number of rotatable bonds is 2. The monoisotopic (exact) mass is 270 g/mol. The Hall–Kier alpha value is -0.840. The Balaban J connectivity index is 2.02. The number of nitrogens with one attached hydrogen (secondary N) is 1. The highest BCUT2D eigenvalue weighted by Gasteiger charge is 2.14. The average molecular weight is 271 g/mol. The van der Waals surface area contributed by atoms with Crippen LogP contribution in [0.5, 0.6) is 0 Å². The van der Waals surface area contributed by atoms with Crippen molar-refractivity contribution in [1.29, 1.82) is 0 Å². The molecule has 82 valence electrons. The summed E-state index contributed by atoms with van der Waals surface area (Å²) >= 11 is 3.31. The van der Waals surface area contributed by atoms with Gasteiger partial charge in [0.2, 0.25) is 5.95 Å². The maximum absolute atomic E-state index is 5.64. The topological polar surface area (TPSA) is 63.8 Å². The molecule has 3 N–H and O–H groups in total. The van der Waals surface area contributed by atoms with Gasteiger partial charge in [-0.05, 0) is 28.8 Å². The Kier molecular flexibility index (Phi) is 3.41. The van der Waals surface area contributed by atoms with Crippen LogP contribution in [0.25, 0.3) is 0 Å². The van der Waals surface area contributed by atoms with Gasteiger partial charge in [-0.15, -0.1) is 0 Å². The summed E-state index contributed by atoms with van der Waals surface area (Å²) in [7, 11) is 0. The SMILES string of the molecule is Nc1cc(Br)nc(NC2CCCCC2)n1. The number of nitrogen functional groups attached to an aromatic ring is 1. The molecule has 0 unspecified atom stereocenters. The predicted molar refractivity (Wildman–Crippen MR) is 64.6 cm³/mol. The summed E-state index contributed by atoms with van der Waals surface area (Å²) in [6, 6.07) is 2.21. The van der Waals surface area contributed by atoms with Gasteiger partial charge in [-0.1, -0.05) is 19.3 Å². The van der Waals surface area contributed by atoms with Crippen LogP contribution in [0.15, 0.2) is 10.7 Å². The number of halogens is 1. The molecule has 1 aliphatic rings. The molecule has 1 fully saturated rings. The molecular formula is C10H15BrN4. The average Bonchev–Trinajstić information content (AvgIpc) is 2.17. The zero-order valence-electron chi connectivity index (χ0n) is 8.54. The van der Waals surface area contributed by atoms with Gasteiger partial charge >= 0.3 is 0 Å². The first kappa shape index (κ1) is 10.7. The zero-order chi connectivity index (χ0) is 10.7. The van der Waals surface area contributed by atoms with Gasteiger partial charge in [-0.3, -0.25) is 0 Å². The minimum atomic E-state index is 0.496. The van der Waals surface area contributed by atoms with Crippen molar-refractivity contribution in [2.24, 2.45) is 0 Å². The van der Waals surface area contributed by atoms with Gasteiger partial charge in [0.25, 0.3) is 0 Å². The lowest BCUT2D eigenvalue weighted by Gasteiger charge is -2.22. The number of nitrogens with zero attached hydrogens (tertiary/aromatic N) is 2. The molecule has 2 rings (SSSR count). The summed E-state index contributed by atoms with van der Waals surface area (Å²) in [6.07, 6.45) is 6.34. The van der Waals surface area contributed by atoms with E-state index >= 15 is 0 Å². The molecule has 1 aliphatic carbocycles. The highest BCUT2D eigenvalue weighted by Crippen LogP contribution is 2.21. The first-order valence-electron chi connectivity index (χ1n) is 5.30. The van der Waals surface area contributed by atoms with Crippen molar-refractivity contribution in [1.82, 2.24) is 9.97 Å². The van der Waals surface area contributed by atoms with Gasteiger partial charge in [-0.25, -0.2) is 4.98 Å². The normalized spacial score (nSPS) is 17.7. The summed E-state index contributed by atoms with van der Waals surface area (Å²) in [6.45, 7) is 0. The third-order valence-electron chi connectivity index (χ3n) is 2.65. The Morgan fingerprint density at radius 1 is 1.27 bits per heavy atom. The number of nitrogens with two attached hydrogens (primary N) is 1. The number of aromatic nitrogens is 2. The molecule has 5 heteroatoms. The summed E-state index contributed by atoms with van der Waals surface area (Å²) in [4.78, 5) is 8.40. The molecule has 4 nitrogen and oxygen atoms in total. The van der Waals surface area contributed by atoms with E-state index in [1.807, 2.05) is 0 Å². The van der Waals surface area contributed by atoms with E-state index in [4.69, 9.17) is 5.73 Å². The van der Waals surface area contributed by atoms with Crippen molar-refractivity contribution in [2.45, 2.75) is 38.1 Å². The molecule has 0 aliphatic heterocycles. The fourth-order valence-corrected chi connectivity index (χ4v) is 2.33. The first-order chi connectivity index (χ1) is 7.24. The molecule has 0 radical (unpaired) electrons. The van der Waals surface area contributed by atoms with Crippen LogP contribution in [0.3, 0.4) is 0 Å². The molecule has 0 amide bonds. The Bertz CT molecular complexity index is 316. The maximum Gasteiger partial charge on any atom is 0.225 e. The quantitative estimate of drug-likeness (QED) is 0.811. The van der Waals surface area contributed by atoms with E-state index in [0.29, 0.717) is 17.8 Å². The lowest BCUT2D eigenvalue weighted by molar-refractivity contribution is 0.461. The van der Waals surface area contributed by atoms with Crippen molar-refractivity contribution in [3.05, 3.63) is 10.7 Å². The van der Waals surface area contributed by atoms with E-state index in [2.05, 4.69) is 31.2 Å². The maximum atomic E-state index is 5.64. The minimum Gasteiger partial charge on any atom is -0.383 e. The van der Waals surface area contributed by atoms with Crippen LogP contribution in [-0.4, -0.2) is 16.0 Å². The fraction of sp³-hybridized carbons (Fsp3) is 0.600. The Labute approximate surface area is 97.8 Å². The van der Waals surface area contributed by atoms with Crippen molar-refractivity contribution >= 4 is 27.7 Å². The summed E-state index contributed by atoms with van der Waals surface area (Å²) in [5, 5.41) is 3.33. The molecule has 0 atom stereocenters. The van der Waals surface area contributed by atoms with Crippen molar-refractivity contribution in [2.75, 3.05) is 11.1 Å². The second-order valence-corrected chi connectivity index (χ2v) is 4.73. The van der Waals surface area contributed by atoms with E-state index in [1.165, 1.54) is 32.1 Å². The molecule has 1 aromatic rings. The van der Waals surface area contributed by atoms with Crippen LogP contribution in [-0.2, 0) is 0 Å². The molecule has 1 saturated carbocycles. The summed E-state index contributed by atoms with van der Waals surface area (Å²) in [5.41, 5.74) is 5.64. The van der Waals surface area contributed by atoms with Crippen LogP contribution in [0.1, 0.15) is 32.1 Å². The molecule has 15 heavy (non-hydrogen) atoms. The Morgan fingerprint density at radius 3 is 2.67 bits per heavy atom. The van der Waals surface area contributed by atoms with Gasteiger partial charge in [-0.2, -0.15) is 4.98 Å². The van der Waals surface area contributed by atoms with Crippen LogP contribution < -0.4 is 11.1 Å². The number of anilines is 2. The van der Waals surface area contributed by atoms with E-state index in [1.54, 1.807) is 6.07 Å². The summed E-state index contributed by atoms with van der Waals surface area (Å²) < 4.78 is 0.730. The van der Waals surface area contributed by atoms with Gasteiger partial charge in [0.15, 0.2) is 0 Å². The first-order valence-corrected chi connectivity index (χ1v) is 6.10. The standard InChI is InChI=1S/C10H15BrN4/c11-8-6-9(12)15-10(14-8)13-7-4-2-1-3-5-7/h6-7H,1-5H2,(H3,12,13,14,15). The lowest BCUT2D eigenvalue weighted by atomic mass is 9.96.